The number of aliphatic carboxylic acids is 1. The molecule has 2 amide bonds. The van der Waals surface area contributed by atoms with E-state index in [-0.39, 0.29) is 18.0 Å². The van der Waals surface area contributed by atoms with E-state index in [0.29, 0.717) is 19.8 Å². The Morgan fingerprint density at radius 3 is 2.59 bits per heavy atom. The Hall–Kier alpha value is -1.30. The molecule has 1 aliphatic heterocycles. The van der Waals surface area contributed by atoms with E-state index < -0.39 is 12.0 Å². The summed E-state index contributed by atoms with van der Waals surface area (Å²) in [5.74, 6) is -1.15. The lowest BCUT2D eigenvalue weighted by Crippen LogP contribution is -2.55. The highest BCUT2D eigenvalue weighted by atomic mass is 16.5. The standard InChI is InChI=1S/C11H20N2O4/c1-7(2)9(10(14)15)12-11(16)13-4-5-17-6-8(13)3/h7-9H,4-6H2,1-3H3,(H,12,16)(H,14,15)/t8?,9-/m0/s1. The lowest BCUT2D eigenvalue weighted by Gasteiger charge is -2.34. The first-order valence-corrected chi connectivity index (χ1v) is 5.81. The maximum absolute atomic E-state index is 11.9. The molecule has 98 valence electrons. The smallest absolute Gasteiger partial charge is 0.326 e. The maximum atomic E-state index is 11.9. The number of hydrogen-bond donors (Lipinski definition) is 2. The van der Waals surface area contributed by atoms with E-state index in [0.717, 1.165) is 0 Å². The maximum Gasteiger partial charge on any atom is 0.326 e. The second-order valence-electron chi connectivity index (χ2n) is 4.63. The van der Waals surface area contributed by atoms with Gasteiger partial charge in [-0.3, -0.25) is 0 Å². The molecule has 1 aliphatic rings. The van der Waals surface area contributed by atoms with Crippen LogP contribution in [0.4, 0.5) is 4.79 Å². The topological polar surface area (TPSA) is 78.9 Å². The molecule has 2 N–H and O–H groups in total. The van der Waals surface area contributed by atoms with Crippen molar-refractivity contribution in [2.45, 2.75) is 32.9 Å². The molecular weight excluding hydrogens is 224 g/mol. The average Bonchev–Trinajstić information content (AvgIpc) is 2.25. The first-order chi connectivity index (χ1) is 7.93. The third-order valence-electron chi connectivity index (χ3n) is 2.84. The van der Waals surface area contributed by atoms with Crippen molar-refractivity contribution in [2.24, 2.45) is 5.92 Å². The molecule has 1 saturated heterocycles. The Morgan fingerprint density at radius 1 is 1.47 bits per heavy atom. The van der Waals surface area contributed by atoms with Gasteiger partial charge in [-0.05, 0) is 12.8 Å². The minimum atomic E-state index is -1.01. The van der Waals surface area contributed by atoms with Gasteiger partial charge < -0.3 is 20.1 Å². The quantitative estimate of drug-likeness (QED) is 0.759. The molecule has 0 spiro atoms. The van der Waals surface area contributed by atoms with Crippen LogP contribution in [-0.2, 0) is 9.53 Å². The summed E-state index contributed by atoms with van der Waals surface area (Å²) in [6, 6.07) is -1.20. The van der Waals surface area contributed by atoms with Gasteiger partial charge in [0, 0.05) is 6.54 Å². The van der Waals surface area contributed by atoms with E-state index in [4.69, 9.17) is 9.84 Å². The van der Waals surface area contributed by atoms with Crippen LogP contribution < -0.4 is 5.32 Å². The van der Waals surface area contributed by atoms with Crippen LogP contribution in [0.5, 0.6) is 0 Å². The number of nitrogens with zero attached hydrogens (tertiary/aromatic N) is 1. The second-order valence-corrected chi connectivity index (χ2v) is 4.63. The number of carboxylic acid groups (broad SMARTS) is 1. The number of urea groups is 1. The normalized spacial score (nSPS) is 22.4. The van der Waals surface area contributed by atoms with Gasteiger partial charge in [-0.2, -0.15) is 0 Å². The zero-order chi connectivity index (χ0) is 13.0. The molecule has 1 rings (SSSR count). The van der Waals surface area contributed by atoms with Crippen molar-refractivity contribution in [1.82, 2.24) is 10.2 Å². The van der Waals surface area contributed by atoms with Crippen LogP contribution in [0, 0.1) is 5.92 Å². The lowest BCUT2D eigenvalue weighted by molar-refractivity contribution is -0.140. The molecule has 17 heavy (non-hydrogen) atoms. The molecule has 0 saturated carbocycles. The lowest BCUT2D eigenvalue weighted by atomic mass is 10.1. The van der Waals surface area contributed by atoms with E-state index >= 15 is 0 Å². The third kappa shape index (κ3) is 3.59. The van der Waals surface area contributed by atoms with Crippen molar-refractivity contribution in [3.05, 3.63) is 0 Å². The zero-order valence-corrected chi connectivity index (χ0v) is 10.5. The number of morpholine rings is 1. The minimum absolute atomic E-state index is 0.0228. The second kappa shape index (κ2) is 5.86. The third-order valence-corrected chi connectivity index (χ3v) is 2.84. The number of hydrogen-bond acceptors (Lipinski definition) is 3. The number of ether oxygens (including phenoxy) is 1. The fourth-order valence-electron chi connectivity index (χ4n) is 1.76. The van der Waals surface area contributed by atoms with E-state index in [1.165, 1.54) is 0 Å². The Morgan fingerprint density at radius 2 is 2.12 bits per heavy atom. The van der Waals surface area contributed by atoms with E-state index in [2.05, 4.69) is 5.32 Å². The minimum Gasteiger partial charge on any atom is -0.480 e. The molecule has 2 atom stereocenters. The van der Waals surface area contributed by atoms with Gasteiger partial charge in [-0.1, -0.05) is 13.8 Å². The van der Waals surface area contributed by atoms with Gasteiger partial charge in [0.1, 0.15) is 6.04 Å². The van der Waals surface area contributed by atoms with E-state index in [1.807, 2.05) is 6.92 Å². The van der Waals surface area contributed by atoms with Crippen LogP contribution in [0.25, 0.3) is 0 Å². The van der Waals surface area contributed by atoms with Gasteiger partial charge in [-0.15, -0.1) is 0 Å². The van der Waals surface area contributed by atoms with Gasteiger partial charge in [-0.25, -0.2) is 9.59 Å². The Bertz CT molecular complexity index is 293. The highest BCUT2D eigenvalue weighted by Crippen LogP contribution is 2.08. The number of carboxylic acids is 1. The molecule has 1 unspecified atom stereocenters. The van der Waals surface area contributed by atoms with Gasteiger partial charge in [0.25, 0.3) is 0 Å². The predicted octanol–water partition coefficient (Wildman–Crippen LogP) is 0.526. The number of nitrogens with one attached hydrogen (secondary N) is 1. The van der Waals surface area contributed by atoms with Gasteiger partial charge in [0.05, 0.1) is 19.3 Å². The van der Waals surface area contributed by atoms with Crippen molar-refractivity contribution in [3.63, 3.8) is 0 Å². The molecule has 0 aliphatic carbocycles. The highest BCUT2D eigenvalue weighted by molar-refractivity contribution is 5.83. The molecule has 6 nitrogen and oxygen atoms in total. The number of carbonyl (C=O) groups is 2. The van der Waals surface area contributed by atoms with Gasteiger partial charge in [0.2, 0.25) is 0 Å². The first kappa shape index (κ1) is 13.8. The highest BCUT2D eigenvalue weighted by Gasteiger charge is 2.29. The van der Waals surface area contributed by atoms with Crippen LogP contribution >= 0.6 is 0 Å². The summed E-state index contributed by atoms with van der Waals surface area (Å²) in [5, 5.41) is 11.5. The Balaban J connectivity index is 2.60. The molecular formula is C11H20N2O4. The number of amides is 2. The fraction of sp³-hybridized carbons (Fsp3) is 0.818. The van der Waals surface area contributed by atoms with Crippen LogP contribution in [0.3, 0.4) is 0 Å². The molecule has 1 heterocycles. The largest absolute Gasteiger partial charge is 0.480 e. The molecule has 0 aromatic rings. The van der Waals surface area contributed by atoms with E-state index in [1.54, 1.807) is 18.7 Å². The Labute approximate surface area is 101 Å². The molecule has 0 aromatic heterocycles. The van der Waals surface area contributed by atoms with Gasteiger partial charge in [0.15, 0.2) is 0 Å². The number of rotatable bonds is 3. The van der Waals surface area contributed by atoms with Crippen molar-refractivity contribution < 1.29 is 19.4 Å². The molecule has 0 radical (unpaired) electrons. The molecule has 1 fully saturated rings. The summed E-state index contributed by atoms with van der Waals surface area (Å²) in [5.41, 5.74) is 0. The van der Waals surface area contributed by atoms with Crippen molar-refractivity contribution in [1.29, 1.82) is 0 Å². The zero-order valence-electron chi connectivity index (χ0n) is 10.5. The van der Waals surface area contributed by atoms with Crippen molar-refractivity contribution in [3.8, 4) is 0 Å². The van der Waals surface area contributed by atoms with Crippen LogP contribution in [0.2, 0.25) is 0 Å². The molecule has 6 heteroatoms. The first-order valence-electron chi connectivity index (χ1n) is 5.81. The van der Waals surface area contributed by atoms with Crippen molar-refractivity contribution in [2.75, 3.05) is 19.8 Å². The fourth-order valence-corrected chi connectivity index (χ4v) is 1.76. The van der Waals surface area contributed by atoms with E-state index in [9.17, 15) is 9.59 Å². The predicted molar refractivity (Wildman–Crippen MR) is 61.8 cm³/mol. The summed E-state index contributed by atoms with van der Waals surface area (Å²) < 4.78 is 5.22. The SMILES string of the molecule is CC(C)[C@H](NC(=O)N1CCOCC1C)C(=O)O. The molecule has 0 aromatic carbocycles. The van der Waals surface area contributed by atoms with Crippen LogP contribution in [-0.4, -0.2) is 53.8 Å². The average molecular weight is 244 g/mol. The summed E-state index contributed by atoms with van der Waals surface area (Å²) in [7, 11) is 0. The van der Waals surface area contributed by atoms with Crippen LogP contribution in [0.1, 0.15) is 20.8 Å². The Kier molecular flexibility index (Phi) is 4.74. The van der Waals surface area contributed by atoms with Gasteiger partial charge >= 0.3 is 12.0 Å². The van der Waals surface area contributed by atoms with Crippen molar-refractivity contribution >= 4 is 12.0 Å². The summed E-state index contributed by atoms with van der Waals surface area (Å²) in [6.07, 6.45) is 0. The summed E-state index contributed by atoms with van der Waals surface area (Å²) in [4.78, 5) is 24.5. The van der Waals surface area contributed by atoms with Crippen LogP contribution in [0.15, 0.2) is 0 Å². The monoisotopic (exact) mass is 244 g/mol. The number of carbonyl (C=O) groups excluding carboxylic acids is 1. The summed E-state index contributed by atoms with van der Waals surface area (Å²) >= 11 is 0. The summed E-state index contributed by atoms with van der Waals surface area (Å²) in [6.45, 7) is 6.90. The molecule has 0 bridgehead atoms.